The molecule has 1 aliphatic heterocycles. The maximum Gasteiger partial charge on any atom is 0.254 e. The van der Waals surface area contributed by atoms with E-state index in [4.69, 9.17) is 10.8 Å². The largest absolute Gasteiger partial charge is 0.384 e. The van der Waals surface area contributed by atoms with Crippen LogP contribution < -0.4 is 11.1 Å². The highest BCUT2D eigenvalue weighted by Gasteiger charge is 2.35. The molecule has 0 saturated carbocycles. The number of hydrogen-bond acceptors (Lipinski definition) is 5. The molecular formula is C22H26N6O2. The average Bonchev–Trinajstić information content (AvgIpc) is 2.97. The van der Waals surface area contributed by atoms with E-state index in [-0.39, 0.29) is 29.8 Å². The van der Waals surface area contributed by atoms with Gasteiger partial charge in [-0.2, -0.15) is 5.10 Å². The smallest absolute Gasteiger partial charge is 0.254 e. The Balaban J connectivity index is 1.52. The lowest BCUT2D eigenvalue weighted by Gasteiger charge is -2.38. The number of nitrogens with two attached hydrogens (primary N) is 1. The number of fused-ring (bicyclic) bond motifs is 1. The van der Waals surface area contributed by atoms with Crippen LogP contribution in [0.25, 0.3) is 10.9 Å². The van der Waals surface area contributed by atoms with Crippen molar-refractivity contribution in [1.29, 1.82) is 0 Å². The second-order valence-corrected chi connectivity index (χ2v) is 8.73. The number of carbonyl (C=O) groups excluding carboxylic acids is 2. The van der Waals surface area contributed by atoms with Gasteiger partial charge in [0.05, 0.1) is 11.2 Å². The molecular weight excluding hydrogens is 380 g/mol. The van der Waals surface area contributed by atoms with Crippen molar-refractivity contribution in [1.82, 2.24) is 25.0 Å². The molecule has 1 aromatic carbocycles. The van der Waals surface area contributed by atoms with Gasteiger partial charge in [0.15, 0.2) is 0 Å². The van der Waals surface area contributed by atoms with Crippen molar-refractivity contribution in [2.24, 2.45) is 0 Å². The monoisotopic (exact) mass is 406 g/mol. The average molecular weight is 406 g/mol. The van der Waals surface area contributed by atoms with Crippen LogP contribution in [0.4, 0.5) is 5.82 Å². The summed E-state index contributed by atoms with van der Waals surface area (Å²) in [5, 5.41) is 8.75. The van der Waals surface area contributed by atoms with Crippen LogP contribution in [0.2, 0.25) is 0 Å². The normalized spacial score (nSPS) is 14.6. The van der Waals surface area contributed by atoms with Crippen molar-refractivity contribution in [3.05, 3.63) is 53.9 Å². The molecule has 0 aliphatic carbocycles. The zero-order chi connectivity index (χ0) is 21.5. The van der Waals surface area contributed by atoms with Crippen LogP contribution in [0.1, 0.15) is 42.7 Å². The van der Waals surface area contributed by atoms with Gasteiger partial charge in [-0.3, -0.25) is 14.3 Å². The summed E-state index contributed by atoms with van der Waals surface area (Å²) >= 11 is 0. The van der Waals surface area contributed by atoms with Crippen LogP contribution in [0.15, 0.2) is 42.6 Å². The van der Waals surface area contributed by atoms with E-state index in [9.17, 15) is 9.59 Å². The lowest BCUT2D eigenvalue weighted by molar-refractivity contribution is -0.123. The molecule has 0 unspecified atom stereocenters. The number of benzene rings is 1. The van der Waals surface area contributed by atoms with Gasteiger partial charge >= 0.3 is 0 Å². The van der Waals surface area contributed by atoms with Crippen molar-refractivity contribution in [2.45, 2.75) is 38.8 Å². The standard InChI is InChI=1S/C22H26N6O2/c1-22(2,3)25-19(29)13-28-17-7-5-4-6-16(17)20(26-28)15-11-27(12-15)21(30)14-8-9-24-18(23)10-14/h4-10,15H,11-13H2,1-3H3,(H2,23,24)(H,25,29). The van der Waals surface area contributed by atoms with Gasteiger partial charge in [-0.1, -0.05) is 18.2 Å². The Labute approximate surface area is 175 Å². The van der Waals surface area contributed by atoms with Gasteiger partial charge in [0.25, 0.3) is 5.91 Å². The maximum absolute atomic E-state index is 12.7. The highest BCUT2D eigenvalue weighted by molar-refractivity contribution is 5.95. The van der Waals surface area contributed by atoms with Crippen LogP contribution in [0.3, 0.4) is 0 Å². The number of nitrogens with one attached hydrogen (secondary N) is 1. The highest BCUT2D eigenvalue weighted by Crippen LogP contribution is 2.32. The quantitative estimate of drug-likeness (QED) is 0.691. The molecule has 0 spiro atoms. The lowest BCUT2D eigenvalue weighted by atomic mass is 9.93. The maximum atomic E-state index is 12.7. The molecule has 1 aliphatic rings. The number of pyridine rings is 1. The third-order valence-corrected chi connectivity index (χ3v) is 5.08. The summed E-state index contributed by atoms with van der Waals surface area (Å²) in [5.74, 6) is 0.317. The molecule has 2 amide bonds. The van der Waals surface area contributed by atoms with Gasteiger partial charge in [0.1, 0.15) is 12.4 Å². The molecule has 30 heavy (non-hydrogen) atoms. The van der Waals surface area contributed by atoms with Crippen molar-refractivity contribution in [3.63, 3.8) is 0 Å². The Morgan fingerprint density at radius 2 is 1.93 bits per heavy atom. The zero-order valence-corrected chi connectivity index (χ0v) is 17.4. The molecule has 8 heteroatoms. The second kappa shape index (κ2) is 7.44. The van der Waals surface area contributed by atoms with Crippen LogP contribution in [0.5, 0.6) is 0 Å². The summed E-state index contributed by atoms with van der Waals surface area (Å²) in [6.07, 6.45) is 1.54. The molecule has 2 aromatic heterocycles. The van der Waals surface area contributed by atoms with Gasteiger partial charge < -0.3 is 16.0 Å². The van der Waals surface area contributed by atoms with Crippen molar-refractivity contribution < 1.29 is 9.59 Å². The third kappa shape index (κ3) is 3.98. The van der Waals surface area contributed by atoms with E-state index in [0.29, 0.717) is 24.5 Å². The number of para-hydroxylation sites is 1. The van der Waals surface area contributed by atoms with Gasteiger partial charge in [-0.15, -0.1) is 0 Å². The SMILES string of the molecule is CC(C)(C)NC(=O)Cn1nc(C2CN(C(=O)c3ccnc(N)c3)C2)c2ccccc21. The van der Waals surface area contributed by atoms with Crippen LogP contribution in [0, 0.1) is 0 Å². The zero-order valence-electron chi connectivity index (χ0n) is 17.4. The van der Waals surface area contributed by atoms with E-state index in [1.165, 1.54) is 6.20 Å². The Bertz CT molecular complexity index is 1110. The van der Waals surface area contributed by atoms with Crippen molar-refractivity contribution in [3.8, 4) is 0 Å². The van der Waals surface area contributed by atoms with Gasteiger partial charge in [-0.25, -0.2) is 4.98 Å². The minimum atomic E-state index is -0.298. The summed E-state index contributed by atoms with van der Waals surface area (Å²) < 4.78 is 1.75. The predicted octanol–water partition coefficient (Wildman–Crippen LogP) is 2.17. The lowest BCUT2D eigenvalue weighted by Crippen LogP contribution is -2.48. The fraction of sp³-hybridized carbons (Fsp3) is 0.364. The molecule has 3 N–H and O–H groups in total. The van der Waals surface area contributed by atoms with Crippen molar-refractivity contribution >= 4 is 28.5 Å². The fourth-order valence-electron chi connectivity index (χ4n) is 3.75. The summed E-state index contributed by atoms with van der Waals surface area (Å²) in [4.78, 5) is 30.8. The number of aromatic nitrogens is 3. The molecule has 4 rings (SSSR count). The highest BCUT2D eigenvalue weighted by atomic mass is 16.2. The molecule has 3 aromatic rings. The first-order chi connectivity index (χ1) is 14.2. The summed E-state index contributed by atoms with van der Waals surface area (Å²) in [5.41, 5.74) is 7.77. The number of hydrogen-bond donors (Lipinski definition) is 2. The third-order valence-electron chi connectivity index (χ3n) is 5.08. The number of rotatable bonds is 4. The number of carbonyl (C=O) groups is 2. The summed E-state index contributed by atoms with van der Waals surface area (Å²) in [6.45, 7) is 7.17. The minimum absolute atomic E-state index is 0.0614. The van der Waals surface area contributed by atoms with Crippen molar-refractivity contribution in [2.75, 3.05) is 18.8 Å². The first-order valence-electron chi connectivity index (χ1n) is 9.98. The second-order valence-electron chi connectivity index (χ2n) is 8.73. The topological polar surface area (TPSA) is 106 Å². The minimum Gasteiger partial charge on any atom is -0.384 e. The number of amides is 2. The van der Waals surface area contributed by atoms with E-state index < -0.39 is 0 Å². The molecule has 8 nitrogen and oxygen atoms in total. The Kier molecular flexibility index (Phi) is 4.93. The number of anilines is 1. The van der Waals surface area contributed by atoms with Gasteiger partial charge in [-0.05, 0) is 39.0 Å². The first kappa shape index (κ1) is 19.9. The first-order valence-corrected chi connectivity index (χ1v) is 9.98. The summed E-state index contributed by atoms with van der Waals surface area (Å²) in [6, 6.07) is 11.2. The van der Waals surface area contributed by atoms with Crippen LogP contribution in [-0.4, -0.2) is 50.1 Å². The molecule has 1 saturated heterocycles. The number of likely N-dealkylation sites (tertiary alicyclic amines) is 1. The molecule has 3 heterocycles. The van der Waals surface area contributed by atoms with E-state index in [1.807, 2.05) is 45.0 Å². The van der Waals surface area contributed by atoms with E-state index in [1.54, 1.807) is 21.7 Å². The summed E-state index contributed by atoms with van der Waals surface area (Å²) in [7, 11) is 0. The molecule has 0 radical (unpaired) electrons. The van der Waals surface area contributed by atoms with Gasteiger partial charge in [0, 0.05) is 41.7 Å². The fourth-order valence-corrected chi connectivity index (χ4v) is 3.75. The van der Waals surface area contributed by atoms with Gasteiger partial charge in [0.2, 0.25) is 5.91 Å². The van der Waals surface area contributed by atoms with E-state index >= 15 is 0 Å². The molecule has 1 fully saturated rings. The Morgan fingerprint density at radius 1 is 1.20 bits per heavy atom. The van der Waals surface area contributed by atoms with Crippen LogP contribution in [-0.2, 0) is 11.3 Å². The Hall–Kier alpha value is -3.42. The van der Waals surface area contributed by atoms with E-state index in [2.05, 4.69) is 10.3 Å². The Morgan fingerprint density at radius 3 is 2.63 bits per heavy atom. The van der Waals surface area contributed by atoms with Crippen LogP contribution >= 0.6 is 0 Å². The molecule has 156 valence electrons. The predicted molar refractivity (Wildman–Crippen MR) is 115 cm³/mol. The molecule has 0 bridgehead atoms. The van der Waals surface area contributed by atoms with E-state index in [0.717, 1.165) is 16.6 Å². The number of nitrogens with zero attached hydrogens (tertiary/aromatic N) is 4. The molecule has 0 atom stereocenters. The number of nitrogen functional groups attached to an aromatic ring is 1.